The molecule has 1 nitrogen and oxygen atoms in total. The van der Waals surface area contributed by atoms with E-state index in [1.165, 1.54) is 5.56 Å². The van der Waals surface area contributed by atoms with Gasteiger partial charge in [0.25, 0.3) is 0 Å². The summed E-state index contributed by atoms with van der Waals surface area (Å²) in [5.74, 6) is 0. The van der Waals surface area contributed by atoms with Crippen molar-refractivity contribution in [1.29, 1.82) is 0 Å². The molecule has 0 saturated heterocycles. The SMILES string of the molecule is FC[C@@H]1Cc2ccccc2N1. The van der Waals surface area contributed by atoms with E-state index in [-0.39, 0.29) is 12.7 Å². The molecule has 1 aromatic carbocycles. The molecule has 0 unspecified atom stereocenters. The van der Waals surface area contributed by atoms with Crippen LogP contribution in [0.15, 0.2) is 24.3 Å². The fraction of sp³-hybridized carbons (Fsp3) is 0.333. The van der Waals surface area contributed by atoms with Crippen LogP contribution in [0, 0.1) is 0 Å². The number of alkyl halides is 1. The molecule has 1 aromatic rings. The highest BCUT2D eigenvalue weighted by Crippen LogP contribution is 2.24. The van der Waals surface area contributed by atoms with Crippen LogP contribution in [0.5, 0.6) is 0 Å². The Kier molecular flexibility index (Phi) is 1.53. The lowest BCUT2D eigenvalue weighted by atomic mass is 10.1. The minimum atomic E-state index is -0.283. The van der Waals surface area contributed by atoms with E-state index in [4.69, 9.17) is 0 Å². The van der Waals surface area contributed by atoms with E-state index >= 15 is 0 Å². The number of benzene rings is 1. The minimum Gasteiger partial charge on any atom is -0.379 e. The maximum Gasteiger partial charge on any atom is 0.110 e. The van der Waals surface area contributed by atoms with E-state index in [0.29, 0.717) is 0 Å². The van der Waals surface area contributed by atoms with Crippen LogP contribution in [0.25, 0.3) is 0 Å². The molecule has 0 bridgehead atoms. The summed E-state index contributed by atoms with van der Waals surface area (Å²) in [6, 6.07) is 7.99. The number of hydrogen-bond donors (Lipinski definition) is 1. The Hall–Kier alpha value is -1.05. The van der Waals surface area contributed by atoms with E-state index < -0.39 is 0 Å². The zero-order chi connectivity index (χ0) is 7.68. The molecule has 0 aliphatic carbocycles. The lowest BCUT2D eigenvalue weighted by molar-refractivity contribution is 0.450. The molecule has 0 fully saturated rings. The standard InChI is InChI=1S/C9H10FN/c10-6-8-5-7-3-1-2-4-9(7)11-8/h1-4,8,11H,5-6H2/t8-/m0/s1. The molecular weight excluding hydrogens is 141 g/mol. The molecule has 0 radical (unpaired) electrons. The number of fused-ring (bicyclic) bond motifs is 1. The number of anilines is 1. The summed E-state index contributed by atoms with van der Waals surface area (Å²) in [4.78, 5) is 0. The summed E-state index contributed by atoms with van der Waals surface area (Å²) in [5.41, 5.74) is 2.32. The molecule has 0 aromatic heterocycles. The van der Waals surface area contributed by atoms with Gasteiger partial charge in [-0.1, -0.05) is 18.2 Å². The zero-order valence-corrected chi connectivity index (χ0v) is 6.18. The third-order valence-corrected chi connectivity index (χ3v) is 2.03. The normalized spacial score (nSPS) is 21.0. The van der Waals surface area contributed by atoms with Crippen molar-refractivity contribution in [3.63, 3.8) is 0 Å². The van der Waals surface area contributed by atoms with Gasteiger partial charge in [0.05, 0.1) is 6.04 Å². The first-order valence-electron chi connectivity index (χ1n) is 3.80. The zero-order valence-electron chi connectivity index (χ0n) is 6.18. The Morgan fingerprint density at radius 2 is 2.27 bits per heavy atom. The van der Waals surface area contributed by atoms with Crippen LogP contribution in [-0.4, -0.2) is 12.7 Å². The summed E-state index contributed by atoms with van der Waals surface area (Å²) in [7, 11) is 0. The quantitative estimate of drug-likeness (QED) is 0.647. The van der Waals surface area contributed by atoms with Crippen molar-refractivity contribution in [2.45, 2.75) is 12.5 Å². The molecule has 1 aliphatic rings. The predicted octanol–water partition coefficient (Wildman–Crippen LogP) is 1.99. The number of para-hydroxylation sites is 1. The van der Waals surface area contributed by atoms with Gasteiger partial charge in [-0.15, -0.1) is 0 Å². The van der Waals surface area contributed by atoms with Crippen molar-refractivity contribution in [3.8, 4) is 0 Å². The second-order valence-electron chi connectivity index (χ2n) is 2.86. The molecule has 1 N–H and O–H groups in total. The first-order chi connectivity index (χ1) is 5.40. The lowest BCUT2D eigenvalue weighted by Crippen LogP contribution is -2.16. The molecule has 58 valence electrons. The average Bonchev–Trinajstić information content (AvgIpc) is 2.46. The molecule has 2 heteroatoms. The second-order valence-corrected chi connectivity index (χ2v) is 2.86. The van der Waals surface area contributed by atoms with Crippen LogP contribution in [0.4, 0.5) is 10.1 Å². The van der Waals surface area contributed by atoms with E-state index in [9.17, 15) is 4.39 Å². The average molecular weight is 151 g/mol. The number of halogens is 1. The fourth-order valence-corrected chi connectivity index (χ4v) is 1.47. The Morgan fingerprint density at radius 3 is 3.00 bits per heavy atom. The van der Waals surface area contributed by atoms with Crippen molar-refractivity contribution in [2.24, 2.45) is 0 Å². The topological polar surface area (TPSA) is 12.0 Å². The van der Waals surface area contributed by atoms with Crippen molar-refractivity contribution >= 4 is 5.69 Å². The predicted molar refractivity (Wildman–Crippen MR) is 43.5 cm³/mol. The van der Waals surface area contributed by atoms with Crippen LogP contribution in [-0.2, 0) is 6.42 Å². The van der Waals surface area contributed by atoms with Crippen LogP contribution < -0.4 is 5.32 Å². The molecule has 2 rings (SSSR count). The maximum absolute atomic E-state index is 12.2. The number of nitrogens with one attached hydrogen (secondary N) is 1. The molecule has 1 atom stereocenters. The van der Waals surface area contributed by atoms with Crippen molar-refractivity contribution in [1.82, 2.24) is 0 Å². The van der Waals surface area contributed by atoms with Gasteiger partial charge in [0.15, 0.2) is 0 Å². The van der Waals surface area contributed by atoms with Crippen molar-refractivity contribution < 1.29 is 4.39 Å². The third kappa shape index (κ3) is 1.09. The summed E-state index contributed by atoms with van der Waals surface area (Å²) in [6.45, 7) is -0.283. The number of hydrogen-bond acceptors (Lipinski definition) is 1. The van der Waals surface area contributed by atoms with Gasteiger partial charge in [0.2, 0.25) is 0 Å². The lowest BCUT2D eigenvalue weighted by Gasteiger charge is -2.03. The highest BCUT2D eigenvalue weighted by Gasteiger charge is 2.18. The summed E-state index contributed by atoms with van der Waals surface area (Å²) < 4.78 is 12.2. The summed E-state index contributed by atoms with van der Waals surface area (Å²) in [5, 5.41) is 3.11. The Labute approximate surface area is 65.2 Å². The Balaban J connectivity index is 2.27. The van der Waals surface area contributed by atoms with Crippen molar-refractivity contribution in [2.75, 3.05) is 12.0 Å². The van der Waals surface area contributed by atoms with Gasteiger partial charge in [-0.25, -0.2) is 4.39 Å². The monoisotopic (exact) mass is 151 g/mol. The number of rotatable bonds is 1. The maximum atomic E-state index is 12.2. The second kappa shape index (κ2) is 2.53. The van der Waals surface area contributed by atoms with Gasteiger partial charge in [0, 0.05) is 5.69 Å². The van der Waals surface area contributed by atoms with E-state index in [0.717, 1.165) is 12.1 Å². The molecular formula is C9H10FN. The molecule has 1 heterocycles. The molecule has 0 saturated carbocycles. The molecule has 0 spiro atoms. The van der Waals surface area contributed by atoms with E-state index in [1.54, 1.807) is 0 Å². The molecule has 11 heavy (non-hydrogen) atoms. The highest BCUT2D eigenvalue weighted by molar-refractivity contribution is 5.56. The Bertz CT molecular complexity index is 234. The summed E-state index contributed by atoms with van der Waals surface area (Å²) in [6.07, 6.45) is 0.826. The van der Waals surface area contributed by atoms with Gasteiger partial charge in [0.1, 0.15) is 6.67 Å². The van der Waals surface area contributed by atoms with Gasteiger partial charge < -0.3 is 5.32 Å². The largest absolute Gasteiger partial charge is 0.379 e. The van der Waals surface area contributed by atoms with Crippen LogP contribution in [0.3, 0.4) is 0 Å². The van der Waals surface area contributed by atoms with E-state index in [2.05, 4.69) is 5.32 Å². The van der Waals surface area contributed by atoms with Crippen LogP contribution in [0.2, 0.25) is 0 Å². The Morgan fingerprint density at radius 1 is 1.45 bits per heavy atom. The van der Waals surface area contributed by atoms with Gasteiger partial charge in [-0.3, -0.25) is 0 Å². The third-order valence-electron chi connectivity index (χ3n) is 2.03. The van der Waals surface area contributed by atoms with Crippen molar-refractivity contribution in [3.05, 3.63) is 29.8 Å². The first kappa shape index (κ1) is 6.65. The van der Waals surface area contributed by atoms with Crippen LogP contribution in [0.1, 0.15) is 5.56 Å². The van der Waals surface area contributed by atoms with Gasteiger partial charge >= 0.3 is 0 Å². The highest BCUT2D eigenvalue weighted by atomic mass is 19.1. The smallest absolute Gasteiger partial charge is 0.110 e. The van der Waals surface area contributed by atoms with E-state index in [1.807, 2.05) is 24.3 Å². The van der Waals surface area contributed by atoms with Crippen LogP contribution >= 0.6 is 0 Å². The molecule has 1 aliphatic heterocycles. The van der Waals surface area contributed by atoms with Gasteiger partial charge in [-0.2, -0.15) is 0 Å². The minimum absolute atomic E-state index is 0.00685. The molecule has 0 amide bonds. The van der Waals surface area contributed by atoms with Gasteiger partial charge in [-0.05, 0) is 18.1 Å². The summed E-state index contributed by atoms with van der Waals surface area (Å²) >= 11 is 0. The fourth-order valence-electron chi connectivity index (χ4n) is 1.47. The first-order valence-corrected chi connectivity index (χ1v) is 3.80.